The maximum atomic E-state index is 14.2. The van der Waals surface area contributed by atoms with Gasteiger partial charge in [0.2, 0.25) is 0 Å². The molecule has 3 atom stereocenters. The van der Waals surface area contributed by atoms with E-state index in [-0.39, 0.29) is 18.2 Å². The Kier molecular flexibility index (Phi) is 5.09. The number of nitrogens with zero attached hydrogens (tertiary/aromatic N) is 5. The molecule has 2 N–H and O–H groups in total. The second kappa shape index (κ2) is 7.43. The Bertz CT molecular complexity index is 1030. The highest BCUT2D eigenvalue weighted by atomic mass is 32.2. The second-order valence-electron chi connectivity index (χ2n) is 7.25. The molecule has 2 aromatic rings. The lowest BCUT2D eigenvalue weighted by Gasteiger charge is -2.38. The van der Waals surface area contributed by atoms with E-state index in [0.29, 0.717) is 25.2 Å². The number of hydrogen-bond acceptors (Lipinski definition) is 7. The predicted molar refractivity (Wildman–Crippen MR) is 98.0 cm³/mol. The molecule has 1 aromatic heterocycles. The highest BCUT2D eigenvalue weighted by molar-refractivity contribution is 7.89. The van der Waals surface area contributed by atoms with Crippen molar-refractivity contribution in [1.82, 2.24) is 14.1 Å². The zero-order chi connectivity index (χ0) is 20.8. The van der Waals surface area contributed by atoms with Gasteiger partial charge in [0, 0.05) is 36.5 Å². The van der Waals surface area contributed by atoms with Gasteiger partial charge < -0.3 is 10.6 Å². The van der Waals surface area contributed by atoms with E-state index >= 15 is 0 Å². The van der Waals surface area contributed by atoms with Gasteiger partial charge in [0.1, 0.15) is 23.8 Å². The lowest BCUT2D eigenvalue weighted by atomic mass is 9.93. The number of rotatable bonds is 4. The van der Waals surface area contributed by atoms with Crippen molar-refractivity contribution in [2.75, 3.05) is 12.9 Å². The van der Waals surface area contributed by atoms with Crippen molar-refractivity contribution in [3.63, 3.8) is 0 Å². The number of benzene rings is 1. The number of ether oxygens (including phenoxy) is 1. The lowest BCUT2D eigenvalue weighted by molar-refractivity contribution is -0.0542. The minimum atomic E-state index is -3.43. The van der Waals surface area contributed by atoms with Gasteiger partial charge in [0.25, 0.3) is 10.0 Å². The molecule has 0 unspecified atom stereocenters. The summed E-state index contributed by atoms with van der Waals surface area (Å²) in [6.07, 6.45) is 2.28. The van der Waals surface area contributed by atoms with Crippen molar-refractivity contribution < 1.29 is 21.9 Å². The molecule has 0 saturated carbocycles. The Morgan fingerprint density at radius 1 is 1.31 bits per heavy atom. The summed E-state index contributed by atoms with van der Waals surface area (Å²) in [6.45, 7) is 1.23. The number of halogens is 2. The molecule has 1 saturated heterocycles. The van der Waals surface area contributed by atoms with Gasteiger partial charge in [-0.15, -0.1) is 0 Å². The van der Waals surface area contributed by atoms with Crippen molar-refractivity contribution in [3.05, 3.63) is 52.9 Å². The molecule has 29 heavy (non-hydrogen) atoms. The SMILES string of the molecule is CS(=O)(=O)n1cc2c(n1)CN([C@H]1CO[C@H](c3cc(F)ccc3F)[C@@H](N=NN)C1)C2. The first-order valence-corrected chi connectivity index (χ1v) is 10.8. The Balaban J connectivity index is 1.50. The van der Waals surface area contributed by atoms with E-state index in [1.54, 1.807) is 0 Å². The quantitative estimate of drug-likeness (QED) is 0.450. The average Bonchev–Trinajstić information content (AvgIpc) is 3.23. The van der Waals surface area contributed by atoms with Crippen LogP contribution in [0.15, 0.2) is 34.7 Å². The van der Waals surface area contributed by atoms with Gasteiger partial charge in [0.05, 0.1) is 18.6 Å². The average molecular weight is 426 g/mol. The zero-order valence-corrected chi connectivity index (χ0v) is 16.4. The van der Waals surface area contributed by atoms with E-state index in [9.17, 15) is 17.2 Å². The molecule has 0 amide bonds. The first kappa shape index (κ1) is 19.9. The number of aromatic nitrogens is 2. The van der Waals surface area contributed by atoms with Crippen LogP contribution in [0.2, 0.25) is 0 Å². The third-order valence-electron chi connectivity index (χ3n) is 5.25. The zero-order valence-electron chi connectivity index (χ0n) is 15.6. The van der Waals surface area contributed by atoms with Gasteiger partial charge in [0.15, 0.2) is 0 Å². The molecule has 2 aliphatic rings. The maximum absolute atomic E-state index is 14.2. The Labute approximate surface area is 166 Å². The number of fused-ring (bicyclic) bond motifs is 1. The fraction of sp³-hybridized carbons (Fsp3) is 0.471. The second-order valence-corrected chi connectivity index (χ2v) is 9.09. The first-order chi connectivity index (χ1) is 13.8. The van der Waals surface area contributed by atoms with Crippen LogP contribution in [-0.4, -0.2) is 47.4 Å². The normalized spacial score (nSPS) is 25.6. The third kappa shape index (κ3) is 3.87. The molecule has 0 aliphatic carbocycles. The van der Waals surface area contributed by atoms with E-state index in [1.807, 2.05) is 0 Å². The molecule has 4 rings (SSSR count). The van der Waals surface area contributed by atoms with E-state index in [1.165, 1.54) is 6.20 Å². The predicted octanol–water partition coefficient (Wildman–Crippen LogP) is 1.51. The summed E-state index contributed by atoms with van der Waals surface area (Å²) in [5.41, 5.74) is 1.59. The summed E-state index contributed by atoms with van der Waals surface area (Å²) in [7, 11) is -3.43. The molecule has 0 bridgehead atoms. The van der Waals surface area contributed by atoms with Gasteiger partial charge in [-0.25, -0.2) is 17.2 Å². The smallest absolute Gasteiger partial charge is 0.250 e. The van der Waals surface area contributed by atoms with E-state index < -0.39 is 33.8 Å². The van der Waals surface area contributed by atoms with Crippen LogP contribution in [-0.2, 0) is 27.8 Å². The van der Waals surface area contributed by atoms with Crippen LogP contribution in [0.1, 0.15) is 29.3 Å². The van der Waals surface area contributed by atoms with Crippen LogP contribution in [0, 0.1) is 11.6 Å². The Morgan fingerprint density at radius 2 is 2.10 bits per heavy atom. The highest BCUT2D eigenvalue weighted by Crippen LogP contribution is 2.36. The van der Waals surface area contributed by atoms with Crippen LogP contribution in [0.5, 0.6) is 0 Å². The van der Waals surface area contributed by atoms with E-state index in [0.717, 1.165) is 34.1 Å². The molecule has 9 nitrogen and oxygen atoms in total. The van der Waals surface area contributed by atoms with Gasteiger partial charge in [-0.1, -0.05) is 5.22 Å². The fourth-order valence-electron chi connectivity index (χ4n) is 3.85. The van der Waals surface area contributed by atoms with Crippen LogP contribution in [0.4, 0.5) is 8.78 Å². The minimum absolute atomic E-state index is 0.0787. The van der Waals surface area contributed by atoms with Crippen LogP contribution in [0.25, 0.3) is 0 Å². The molecule has 2 aliphatic heterocycles. The molecule has 0 radical (unpaired) electrons. The standard InChI is InChI=1S/C17H20F2N6O3S/c1-29(26,27)25-7-10-6-24(8-16(10)22-25)12-5-15(21-23-20)17(28-9-12)13-4-11(18)2-3-14(13)19/h2-4,7,12,15,17H,5-6,8-9H2,1H3,(H2,20,21)/t12-,15+,17-/m1/s1. The largest absolute Gasteiger partial charge is 0.369 e. The molecule has 12 heteroatoms. The van der Waals surface area contributed by atoms with Crippen molar-refractivity contribution in [3.8, 4) is 0 Å². The molecular formula is C17H20F2N6O3S. The first-order valence-electron chi connectivity index (χ1n) is 8.95. The maximum Gasteiger partial charge on any atom is 0.250 e. The number of hydrogen-bond donors (Lipinski definition) is 1. The molecule has 3 heterocycles. The summed E-state index contributed by atoms with van der Waals surface area (Å²) in [6, 6.07) is 2.52. The van der Waals surface area contributed by atoms with E-state index in [2.05, 4.69) is 20.3 Å². The van der Waals surface area contributed by atoms with Crippen LogP contribution in [0.3, 0.4) is 0 Å². The summed E-state index contributed by atoms with van der Waals surface area (Å²) in [4.78, 5) is 2.08. The van der Waals surface area contributed by atoms with Crippen molar-refractivity contribution in [2.24, 2.45) is 16.2 Å². The Hall–Kier alpha value is -2.44. The highest BCUT2D eigenvalue weighted by Gasteiger charge is 2.39. The summed E-state index contributed by atoms with van der Waals surface area (Å²) >= 11 is 0. The molecule has 1 fully saturated rings. The van der Waals surface area contributed by atoms with Gasteiger partial charge in [-0.3, -0.25) is 4.90 Å². The third-order valence-corrected chi connectivity index (χ3v) is 6.12. The molecule has 156 valence electrons. The van der Waals surface area contributed by atoms with Crippen molar-refractivity contribution >= 4 is 10.0 Å². The van der Waals surface area contributed by atoms with Crippen LogP contribution >= 0.6 is 0 Å². The molecule has 1 aromatic carbocycles. The van der Waals surface area contributed by atoms with Gasteiger partial charge in [-0.2, -0.15) is 14.3 Å². The summed E-state index contributed by atoms with van der Waals surface area (Å²) in [5.74, 6) is 4.08. The molecular weight excluding hydrogens is 406 g/mol. The molecule has 0 spiro atoms. The number of nitrogens with two attached hydrogens (primary N) is 1. The fourth-order valence-corrected chi connectivity index (χ4v) is 4.42. The van der Waals surface area contributed by atoms with Gasteiger partial charge in [-0.05, 0) is 24.6 Å². The monoisotopic (exact) mass is 426 g/mol. The lowest BCUT2D eigenvalue weighted by Crippen LogP contribution is -2.44. The van der Waals surface area contributed by atoms with Crippen molar-refractivity contribution in [1.29, 1.82) is 0 Å². The topological polar surface area (TPSA) is 115 Å². The Morgan fingerprint density at radius 3 is 2.79 bits per heavy atom. The van der Waals surface area contributed by atoms with Crippen LogP contribution < -0.4 is 5.84 Å². The summed E-state index contributed by atoms with van der Waals surface area (Å²) < 4.78 is 57.9. The van der Waals surface area contributed by atoms with Gasteiger partial charge >= 0.3 is 0 Å². The van der Waals surface area contributed by atoms with E-state index in [4.69, 9.17) is 10.6 Å². The summed E-state index contributed by atoms with van der Waals surface area (Å²) in [5, 5.41) is 11.5. The van der Waals surface area contributed by atoms with Crippen molar-refractivity contribution in [2.45, 2.75) is 37.7 Å². The minimum Gasteiger partial charge on any atom is -0.369 e.